The van der Waals surface area contributed by atoms with Crippen molar-refractivity contribution in [1.29, 1.82) is 0 Å². The van der Waals surface area contributed by atoms with Gasteiger partial charge in [-0.15, -0.1) is 0 Å². The second-order valence-electron chi connectivity index (χ2n) is 6.24. The summed E-state index contributed by atoms with van der Waals surface area (Å²) >= 11 is 0. The molecule has 0 bridgehead atoms. The molecule has 2 aromatic rings. The van der Waals surface area contributed by atoms with E-state index in [2.05, 4.69) is 28.9 Å². The van der Waals surface area contributed by atoms with E-state index in [-0.39, 0.29) is 4.90 Å². The number of aromatic nitrogens is 1. The SMILES string of the molecule is CCCc1ccc(CN2CCc3ccc(S(=O)(=O)Cl)cc3C2)cn1. The summed E-state index contributed by atoms with van der Waals surface area (Å²) in [7, 11) is 1.78. The molecule has 1 aromatic heterocycles. The van der Waals surface area contributed by atoms with Crippen molar-refractivity contribution in [3.63, 3.8) is 0 Å². The van der Waals surface area contributed by atoms with Crippen LogP contribution in [0.3, 0.4) is 0 Å². The van der Waals surface area contributed by atoms with Gasteiger partial charge in [0, 0.05) is 42.2 Å². The molecule has 0 fully saturated rings. The first-order valence-electron chi connectivity index (χ1n) is 8.18. The molecule has 0 aliphatic carbocycles. The topological polar surface area (TPSA) is 50.3 Å². The molecule has 1 aliphatic rings. The normalized spacial score (nSPS) is 15.2. The van der Waals surface area contributed by atoms with Crippen LogP contribution in [0.15, 0.2) is 41.4 Å². The van der Waals surface area contributed by atoms with E-state index in [0.29, 0.717) is 0 Å². The largest absolute Gasteiger partial charge is 0.294 e. The van der Waals surface area contributed by atoms with Gasteiger partial charge >= 0.3 is 0 Å². The van der Waals surface area contributed by atoms with Crippen LogP contribution in [0.5, 0.6) is 0 Å². The fourth-order valence-corrected chi connectivity index (χ4v) is 3.89. The number of fused-ring (bicyclic) bond motifs is 1. The summed E-state index contributed by atoms with van der Waals surface area (Å²) in [4.78, 5) is 6.99. The van der Waals surface area contributed by atoms with Crippen molar-refractivity contribution in [3.8, 4) is 0 Å². The van der Waals surface area contributed by atoms with Crippen LogP contribution < -0.4 is 0 Å². The minimum Gasteiger partial charge on any atom is -0.294 e. The van der Waals surface area contributed by atoms with E-state index in [4.69, 9.17) is 10.7 Å². The Hall–Kier alpha value is -1.43. The summed E-state index contributed by atoms with van der Waals surface area (Å²) in [6.07, 6.45) is 4.97. The molecule has 0 N–H and O–H groups in total. The smallest absolute Gasteiger partial charge is 0.261 e. The monoisotopic (exact) mass is 364 g/mol. The van der Waals surface area contributed by atoms with Crippen LogP contribution >= 0.6 is 10.7 Å². The van der Waals surface area contributed by atoms with Crippen molar-refractivity contribution in [1.82, 2.24) is 9.88 Å². The Labute approximate surface area is 147 Å². The number of rotatable bonds is 5. The molecule has 0 amide bonds. The van der Waals surface area contributed by atoms with Gasteiger partial charge in [0.1, 0.15) is 0 Å². The molecule has 2 heterocycles. The first-order chi connectivity index (χ1) is 11.5. The standard InChI is InChI=1S/C18H21ClN2O2S/c1-2-3-17-6-4-14(11-20-17)12-21-9-8-15-5-7-18(24(19,22)23)10-16(15)13-21/h4-7,10-11H,2-3,8-9,12-13H2,1H3. The number of pyridine rings is 1. The lowest BCUT2D eigenvalue weighted by Gasteiger charge is -2.29. The minimum atomic E-state index is -3.68. The van der Waals surface area contributed by atoms with E-state index in [1.807, 2.05) is 12.3 Å². The molecule has 0 atom stereocenters. The van der Waals surface area contributed by atoms with E-state index < -0.39 is 9.05 Å². The predicted octanol–water partition coefficient (Wildman–Crippen LogP) is 3.52. The molecule has 0 saturated heterocycles. The Morgan fingerprint density at radius 2 is 2.04 bits per heavy atom. The van der Waals surface area contributed by atoms with Crippen LogP contribution in [0.4, 0.5) is 0 Å². The average molecular weight is 365 g/mol. The molecule has 0 spiro atoms. The van der Waals surface area contributed by atoms with Gasteiger partial charge in [-0.1, -0.05) is 25.5 Å². The zero-order valence-corrected chi connectivity index (χ0v) is 15.3. The summed E-state index contributed by atoms with van der Waals surface area (Å²) in [6, 6.07) is 9.39. The van der Waals surface area contributed by atoms with Crippen molar-refractivity contribution < 1.29 is 8.42 Å². The third-order valence-corrected chi connectivity index (χ3v) is 5.70. The molecule has 6 heteroatoms. The third kappa shape index (κ3) is 4.15. The maximum absolute atomic E-state index is 11.5. The van der Waals surface area contributed by atoms with Crippen molar-refractivity contribution in [2.24, 2.45) is 0 Å². The number of hydrogen-bond donors (Lipinski definition) is 0. The van der Waals surface area contributed by atoms with Crippen molar-refractivity contribution >= 4 is 19.7 Å². The molecule has 3 rings (SSSR count). The first-order valence-corrected chi connectivity index (χ1v) is 10.5. The first kappa shape index (κ1) is 17.4. The van der Waals surface area contributed by atoms with Gasteiger partial charge in [0.2, 0.25) is 0 Å². The van der Waals surface area contributed by atoms with Gasteiger partial charge in [-0.25, -0.2) is 8.42 Å². The Morgan fingerprint density at radius 3 is 2.71 bits per heavy atom. The number of nitrogens with zero attached hydrogens (tertiary/aromatic N) is 2. The van der Waals surface area contributed by atoms with Crippen LogP contribution in [-0.2, 0) is 35.0 Å². The Balaban J connectivity index is 1.72. The van der Waals surface area contributed by atoms with Gasteiger partial charge in [0.05, 0.1) is 4.90 Å². The van der Waals surface area contributed by atoms with E-state index in [1.54, 1.807) is 12.1 Å². The lowest BCUT2D eigenvalue weighted by Crippen LogP contribution is -2.30. The number of benzene rings is 1. The molecule has 4 nitrogen and oxygen atoms in total. The zero-order chi connectivity index (χ0) is 17.2. The summed E-state index contributed by atoms with van der Waals surface area (Å²) in [6.45, 7) is 4.65. The van der Waals surface area contributed by atoms with E-state index in [0.717, 1.165) is 50.2 Å². The number of aryl methyl sites for hydroxylation is 1. The fourth-order valence-electron chi connectivity index (χ4n) is 3.09. The van der Waals surface area contributed by atoms with Crippen molar-refractivity contribution in [3.05, 3.63) is 58.9 Å². The van der Waals surface area contributed by atoms with Crippen molar-refractivity contribution in [2.75, 3.05) is 6.54 Å². The fraction of sp³-hybridized carbons (Fsp3) is 0.389. The highest BCUT2D eigenvalue weighted by molar-refractivity contribution is 8.13. The van der Waals surface area contributed by atoms with Gasteiger partial charge in [-0.05, 0) is 47.7 Å². The van der Waals surface area contributed by atoms with Gasteiger partial charge in [-0.3, -0.25) is 9.88 Å². The van der Waals surface area contributed by atoms with E-state index >= 15 is 0 Å². The lowest BCUT2D eigenvalue weighted by atomic mass is 9.99. The molecule has 24 heavy (non-hydrogen) atoms. The van der Waals surface area contributed by atoms with Gasteiger partial charge in [-0.2, -0.15) is 0 Å². The predicted molar refractivity (Wildman–Crippen MR) is 95.5 cm³/mol. The molecule has 1 aliphatic heterocycles. The van der Waals surface area contributed by atoms with Crippen molar-refractivity contribution in [2.45, 2.75) is 44.2 Å². The quantitative estimate of drug-likeness (QED) is 0.762. The lowest BCUT2D eigenvalue weighted by molar-refractivity contribution is 0.245. The third-order valence-electron chi connectivity index (χ3n) is 4.35. The summed E-state index contributed by atoms with van der Waals surface area (Å²) in [5.74, 6) is 0. The zero-order valence-electron chi connectivity index (χ0n) is 13.7. The van der Waals surface area contributed by atoms with Crippen LogP contribution in [0.1, 0.15) is 35.7 Å². The molecular formula is C18H21ClN2O2S. The maximum Gasteiger partial charge on any atom is 0.261 e. The highest BCUT2D eigenvalue weighted by atomic mass is 35.7. The van der Waals surface area contributed by atoms with Gasteiger partial charge in [0.15, 0.2) is 0 Å². The highest BCUT2D eigenvalue weighted by Crippen LogP contribution is 2.25. The van der Waals surface area contributed by atoms with Crippen LogP contribution in [0.25, 0.3) is 0 Å². The maximum atomic E-state index is 11.5. The molecule has 0 unspecified atom stereocenters. The number of hydrogen-bond acceptors (Lipinski definition) is 4. The number of halogens is 1. The molecular weight excluding hydrogens is 344 g/mol. The van der Waals surface area contributed by atoms with Crippen LogP contribution in [0.2, 0.25) is 0 Å². The molecule has 128 valence electrons. The Bertz CT molecular complexity index is 819. The highest BCUT2D eigenvalue weighted by Gasteiger charge is 2.19. The molecule has 0 radical (unpaired) electrons. The second kappa shape index (κ2) is 7.21. The van der Waals surface area contributed by atoms with Gasteiger partial charge < -0.3 is 0 Å². The van der Waals surface area contributed by atoms with Crippen LogP contribution in [0, 0.1) is 0 Å². The van der Waals surface area contributed by atoms with Gasteiger partial charge in [0.25, 0.3) is 9.05 Å². The molecule has 1 aromatic carbocycles. The average Bonchev–Trinajstić information content (AvgIpc) is 2.55. The summed E-state index contributed by atoms with van der Waals surface area (Å²) in [5, 5.41) is 0. The van der Waals surface area contributed by atoms with Crippen LogP contribution in [-0.4, -0.2) is 24.8 Å². The van der Waals surface area contributed by atoms with E-state index in [9.17, 15) is 8.42 Å². The molecule has 0 saturated carbocycles. The Morgan fingerprint density at radius 1 is 1.21 bits per heavy atom. The summed E-state index contributed by atoms with van der Waals surface area (Å²) < 4.78 is 23.0. The second-order valence-corrected chi connectivity index (χ2v) is 8.80. The van der Waals surface area contributed by atoms with E-state index in [1.165, 1.54) is 11.1 Å². The summed E-state index contributed by atoms with van der Waals surface area (Å²) in [5.41, 5.74) is 4.55. The Kier molecular flexibility index (Phi) is 5.23. The minimum absolute atomic E-state index is 0.176.